The van der Waals surface area contributed by atoms with E-state index in [1.807, 2.05) is 0 Å². The molecule has 0 aromatic carbocycles. The van der Waals surface area contributed by atoms with Crippen molar-refractivity contribution in [3.8, 4) is 0 Å². The van der Waals surface area contributed by atoms with Crippen LogP contribution in [0.5, 0.6) is 0 Å². The van der Waals surface area contributed by atoms with Gasteiger partial charge in [-0.2, -0.15) is 0 Å². The zero-order valence-corrected chi connectivity index (χ0v) is 22.9. The van der Waals surface area contributed by atoms with E-state index in [-0.39, 0.29) is 25.8 Å². The van der Waals surface area contributed by atoms with Gasteiger partial charge in [0.15, 0.2) is 0 Å². The summed E-state index contributed by atoms with van der Waals surface area (Å²) in [5.74, 6) is -0.369. The molecule has 8 nitrogen and oxygen atoms in total. The number of aliphatic hydroxyl groups is 5. The molecule has 5 N–H and O–H groups in total. The lowest BCUT2D eigenvalue weighted by Gasteiger charge is -2.32. The topological polar surface area (TPSA) is 137 Å². The summed E-state index contributed by atoms with van der Waals surface area (Å²) in [7, 11) is 0. The zero-order valence-electron chi connectivity index (χ0n) is 22.9. The first-order valence-electron chi connectivity index (χ1n) is 14.2. The van der Waals surface area contributed by atoms with E-state index in [0.29, 0.717) is 6.42 Å². The predicted octanol–water partition coefficient (Wildman–Crippen LogP) is 3.74. The molecule has 0 rings (SSSR count). The number of carbonyl (C=O) groups is 1. The quantitative estimate of drug-likeness (QED) is 0.0816. The third-order valence-corrected chi connectivity index (χ3v) is 7.02. The van der Waals surface area contributed by atoms with Gasteiger partial charge >= 0.3 is 5.97 Å². The SMILES string of the molecule is CCCCCCCCCCCCCCCCCC(=O)OCC(CO)(CO)COCC(CO)(CO)CO. The molecule has 0 aliphatic heterocycles. The average Bonchev–Trinajstić information content (AvgIpc) is 2.91. The van der Waals surface area contributed by atoms with Crippen molar-refractivity contribution in [1.82, 2.24) is 0 Å². The van der Waals surface area contributed by atoms with E-state index < -0.39 is 43.9 Å². The van der Waals surface area contributed by atoms with Gasteiger partial charge in [-0.25, -0.2) is 0 Å². The van der Waals surface area contributed by atoms with Gasteiger partial charge in [0, 0.05) is 6.42 Å². The van der Waals surface area contributed by atoms with E-state index in [2.05, 4.69) is 6.92 Å². The Labute approximate surface area is 219 Å². The first-order chi connectivity index (χ1) is 17.5. The fraction of sp³-hybridized carbons (Fsp3) is 0.964. The van der Waals surface area contributed by atoms with Crippen LogP contribution in [-0.2, 0) is 14.3 Å². The van der Waals surface area contributed by atoms with Crippen molar-refractivity contribution in [2.75, 3.05) is 52.9 Å². The van der Waals surface area contributed by atoms with Crippen LogP contribution in [0.4, 0.5) is 0 Å². The van der Waals surface area contributed by atoms with Crippen LogP contribution in [0.25, 0.3) is 0 Å². The minimum atomic E-state index is -1.21. The van der Waals surface area contributed by atoms with Gasteiger partial charge in [0.25, 0.3) is 0 Å². The van der Waals surface area contributed by atoms with Gasteiger partial charge in [-0.3, -0.25) is 4.79 Å². The van der Waals surface area contributed by atoms with E-state index in [9.17, 15) is 30.3 Å². The number of hydrogen-bond acceptors (Lipinski definition) is 8. The number of hydrogen-bond donors (Lipinski definition) is 5. The predicted molar refractivity (Wildman–Crippen MR) is 142 cm³/mol. The van der Waals surface area contributed by atoms with Crippen molar-refractivity contribution >= 4 is 5.97 Å². The number of esters is 1. The van der Waals surface area contributed by atoms with Crippen LogP contribution < -0.4 is 0 Å². The zero-order chi connectivity index (χ0) is 27.0. The average molecular weight is 521 g/mol. The fourth-order valence-corrected chi connectivity index (χ4v) is 3.99. The number of aliphatic hydroxyl groups excluding tert-OH is 5. The molecule has 0 amide bonds. The lowest BCUT2D eigenvalue weighted by Crippen LogP contribution is -2.44. The Morgan fingerprint density at radius 1 is 0.528 bits per heavy atom. The van der Waals surface area contributed by atoms with Gasteiger partial charge in [0.2, 0.25) is 0 Å². The van der Waals surface area contributed by atoms with Crippen molar-refractivity contribution in [3.63, 3.8) is 0 Å². The summed E-state index contributed by atoms with van der Waals surface area (Å²) >= 11 is 0. The standard InChI is InChI=1S/C28H56O8/c1-2-3-4-5-6-7-8-9-10-11-12-13-14-15-16-17-26(34)36-25-28(21-32,22-33)24-35-23-27(18-29,19-30)20-31/h29-33H,2-25H2,1H3. The highest BCUT2D eigenvalue weighted by molar-refractivity contribution is 5.69. The third kappa shape index (κ3) is 16.9. The van der Waals surface area contributed by atoms with Gasteiger partial charge in [-0.1, -0.05) is 96.8 Å². The summed E-state index contributed by atoms with van der Waals surface area (Å²) in [5, 5.41) is 47.5. The summed E-state index contributed by atoms with van der Waals surface area (Å²) in [4.78, 5) is 12.1. The second kappa shape index (κ2) is 23.4. The Hall–Kier alpha value is -0.770. The van der Waals surface area contributed by atoms with Crippen LogP contribution in [0, 0.1) is 10.8 Å². The highest BCUT2D eigenvalue weighted by atomic mass is 16.5. The highest BCUT2D eigenvalue weighted by Gasteiger charge is 2.34. The van der Waals surface area contributed by atoms with E-state index in [4.69, 9.17) is 9.47 Å². The molecule has 0 saturated heterocycles. The van der Waals surface area contributed by atoms with Crippen molar-refractivity contribution in [2.24, 2.45) is 10.8 Å². The molecule has 216 valence electrons. The molecule has 0 aromatic rings. The second-order valence-electron chi connectivity index (χ2n) is 10.6. The second-order valence-corrected chi connectivity index (χ2v) is 10.6. The first-order valence-corrected chi connectivity index (χ1v) is 14.2. The Morgan fingerprint density at radius 3 is 1.28 bits per heavy atom. The number of ether oxygens (including phenoxy) is 2. The maximum atomic E-state index is 12.1. The summed E-state index contributed by atoms with van der Waals surface area (Å²) in [6.45, 7) is -0.581. The molecule has 0 fully saturated rings. The summed E-state index contributed by atoms with van der Waals surface area (Å²) in [6, 6.07) is 0. The van der Waals surface area contributed by atoms with Crippen LogP contribution in [0.2, 0.25) is 0 Å². The highest BCUT2D eigenvalue weighted by Crippen LogP contribution is 2.21. The number of rotatable bonds is 27. The first kappa shape index (κ1) is 35.2. The molecule has 0 aliphatic rings. The van der Waals surface area contributed by atoms with Crippen LogP contribution in [0.15, 0.2) is 0 Å². The van der Waals surface area contributed by atoms with Crippen molar-refractivity contribution < 1.29 is 39.8 Å². The Balaban J connectivity index is 3.84. The summed E-state index contributed by atoms with van der Waals surface area (Å²) in [6.07, 6.45) is 19.1. The molecular formula is C28H56O8. The summed E-state index contributed by atoms with van der Waals surface area (Å²) < 4.78 is 10.7. The number of carbonyl (C=O) groups excluding carboxylic acids is 1. The molecule has 0 aromatic heterocycles. The van der Waals surface area contributed by atoms with E-state index in [0.717, 1.165) is 19.3 Å². The van der Waals surface area contributed by atoms with E-state index >= 15 is 0 Å². The van der Waals surface area contributed by atoms with Crippen LogP contribution in [-0.4, -0.2) is 84.4 Å². The molecule has 0 atom stereocenters. The maximum absolute atomic E-state index is 12.1. The lowest BCUT2D eigenvalue weighted by molar-refractivity contribution is -0.154. The van der Waals surface area contributed by atoms with Crippen molar-refractivity contribution in [2.45, 2.75) is 110 Å². The van der Waals surface area contributed by atoms with Crippen LogP contribution in [0.1, 0.15) is 110 Å². The van der Waals surface area contributed by atoms with Crippen molar-refractivity contribution in [3.05, 3.63) is 0 Å². The van der Waals surface area contributed by atoms with Crippen molar-refractivity contribution in [1.29, 1.82) is 0 Å². The lowest BCUT2D eigenvalue weighted by atomic mass is 9.90. The molecule has 0 spiro atoms. The van der Waals surface area contributed by atoms with Gasteiger partial charge in [-0.15, -0.1) is 0 Å². The van der Waals surface area contributed by atoms with Gasteiger partial charge in [-0.05, 0) is 6.42 Å². The van der Waals surface area contributed by atoms with Crippen LogP contribution in [0.3, 0.4) is 0 Å². The molecule has 36 heavy (non-hydrogen) atoms. The molecule has 0 bridgehead atoms. The van der Waals surface area contributed by atoms with Crippen LogP contribution >= 0.6 is 0 Å². The molecule has 0 saturated carbocycles. The molecule has 0 radical (unpaired) electrons. The largest absolute Gasteiger partial charge is 0.465 e. The molecule has 0 heterocycles. The minimum absolute atomic E-state index is 0.145. The van der Waals surface area contributed by atoms with Gasteiger partial charge in [0.1, 0.15) is 6.61 Å². The maximum Gasteiger partial charge on any atom is 0.305 e. The molecule has 8 heteroatoms. The number of unbranched alkanes of at least 4 members (excludes halogenated alkanes) is 14. The normalized spacial score (nSPS) is 12.3. The third-order valence-electron chi connectivity index (χ3n) is 7.02. The summed E-state index contributed by atoms with van der Waals surface area (Å²) in [5.41, 5.74) is -2.39. The Bertz CT molecular complexity index is 484. The fourth-order valence-electron chi connectivity index (χ4n) is 3.99. The van der Waals surface area contributed by atoms with E-state index in [1.54, 1.807) is 0 Å². The Morgan fingerprint density at radius 2 is 0.889 bits per heavy atom. The molecule has 0 aliphatic carbocycles. The minimum Gasteiger partial charge on any atom is -0.465 e. The molecule has 0 unspecified atom stereocenters. The Kier molecular flexibility index (Phi) is 22.9. The molecular weight excluding hydrogens is 464 g/mol. The monoisotopic (exact) mass is 520 g/mol. The van der Waals surface area contributed by atoms with Gasteiger partial charge < -0.3 is 35.0 Å². The van der Waals surface area contributed by atoms with E-state index in [1.165, 1.54) is 77.0 Å². The van der Waals surface area contributed by atoms with Gasteiger partial charge in [0.05, 0.1) is 57.1 Å². The smallest absolute Gasteiger partial charge is 0.305 e.